The van der Waals surface area contributed by atoms with Gasteiger partial charge in [-0.1, -0.05) is 62.4 Å². The molecule has 4 aromatic rings. The number of amides is 1. The Morgan fingerprint density at radius 2 is 1.47 bits per heavy atom. The molecule has 1 amide bonds. The number of aliphatic hydroxyl groups excluding tert-OH is 5. The summed E-state index contributed by atoms with van der Waals surface area (Å²) in [5.74, 6) is -3.78. The summed E-state index contributed by atoms with van der Waals surface area (Å²) in [4.78, 5) is 38.2. The van der Waals surface area contributed by atoms with Gasteiger partial charge in [0, 0.05) is 23.5 Å². The number of benzene rings is 3. The largest absolute Gasteiger partial charge is 0.479 e. The van der Waals surface area contributed by atoms with Gasteiger partial charge in [-0.05, 0) is 66.3 Å². The second-order valence-corrected chi connectivity index (χ2v) is 13.2. The van der Waals surface area contributed by atoms with E-state index in [0.29, 0.717) is 33.8 Å². The number of aliphatic hydroxyl groups is 5. The predicted molar refractivity (Wildman–Crippen MR) is 190 cm³/mol. The molecule has 1 aliphatic heterocycles. The number of anilines is 1. The summed E-state index contributed by atoms with van der Waals surface area (Å²) in [7, 11) is 0. The average Bonchev–Trinajstić information content (AvgIpc) is 3.47. The molecule has 7 N–H and O–H groups in total. The Morgan fingerprint density at radius 3 is 2.08 bits per heavy atom. The number of esters is 1. The zero-order valence-corrected chi connectivity index (χ0v) is 29.1. The van der Waals surface area contributed by atoms with Crippen molar-refractivity contribution in [2.24, 2.45) is 0 Å². The van der Waals surface area contributed by atoms with E-state index < -0.39 is 67.1 Å². The minimum absolute atomic E-state index is 0.0531. The molecule has 2 heterocycles. The van der Waals surface area contributed by atoms with Crippen molar-refractivity contribution in [2.75, 3.05) is 5.32 Å². The standard InChI is InChI=1S/C39H43FN2O11/c1-21(2)31-30(37(49)41-25-11-7-4-8-12-25)29(22-9-5-3-6-10-22)32(23-13-15-24(40)16-14-23)42(31)18-17-26(43)19-27(44)20-28(45)52-39-35(48)33(46)34(47)36(53-39)38(50)51/h3-16,21,26-27,33-36,39,43-44,46-48H,17-20H2,1-2H3,(H,41,49)(H,50,51)/t26-,27-,33?,34?,35?,36?,39?/m1/s1. The van der Waals surface area contributed by atoms with Crippen LogP contribution in [0.15, 0.2) is 84.9 Å². The lowest BCUT2D eigenvalue weighted by Gasteiger charge is -2.38. The van der Waals surface area contributed by atoms with Crippen molar-refractivity contribution in [1.82, 2.24) is 4.57 Å². The molecule has 1 aliphatic rings. The highest BCUT2D eigenvalue weighted by atomic mass is 19.1. The number of hydrogen-bond donors (Lipinski definition) is 7. The van der Waals surface area contributed by atoms with Crippen LogP contribution < -0.4 is 5.32 Å². The molecule has 1 saturated heterocycles. The maximum Gasteiger partial charge on any atom is 0.335 e. The Kier molecular flexibility index (Phi) is 12.8. The quantitative estimate of drug-likeness (QED) is 0.0931. The number of para-hydroxylation sites is 1. The summed E-state index contributed by atoms with van der Waals surface area (Å²) in [6.07, 6.45) is -13.4. The van der Waals surface area contributed by atoms with E-state index in [1.807, 2.05) is 54.8 Å². The van der Waals surface area contributed by atoms with Gasteiger partial charge in [0.15, 0.2) is 6.10 Å². The van der Waals surface area contributed by atoms with Gasteiger partial charge in [-0.3, -0.25) is 9.59 Å². The number of carboxylic acid groups (broad SMARTS) is 1. The Bertz CT molecular complexity index is 1870. The molecule has 282 valence electrons. The van der Waals surface area contributed by atoms with Gasteiger partial charge >= 0.3 is 11.9 Å². The maximum atomic E-state index is 14.2. The first-order valence-electron chi connectivity index (χ1n) is 17.2. The molecule has 5 unspecified atom stereocenters. The highest BCUT2D eigenvalue weighted by Gasteiger charge is 2.48. The van der Waals surface area contributed by atoms with Crippen LogP contribution in [0.25, 0.3) is 22.4 Å². The first kappa shape index (κ1) is 39.3. The fraction of sp³-hybridized carbons (Fsp3) is 0.359. The predicted octanol–water partition coefficient (Wildman–Crippen LogP) is 3.66. The van der Waals surface area contributed by atoms with E-state index in [4.69, 9.17) is 9.47 Å². The Labute approximate surface area is 304 Å². The lowest BCUT2D eigenvalue weighted by atomic mass is 9.94. The first-order chi connectivity index (χ1) is 25.3. The van der Waals surface area contributed by atoms with Crippen molar-refractivity contribution in [2.45, 2.75) is 88.5 Å². The van der Waals surface area contributed by atoms with Crippen molar-refractivity contribution < 1.29 is 58.9 Å². The number of aromatic nitrogens is 1. The van der Waals surface area contributed by atoms with E-state index in [1.54, 1.807) is 36.4 Å². The van der Waals surface area contributed by atoms with Crippen molar-refractivity contribution in [3.8, 4) is 22.4 Å². The number of carbonyl (C=O) groups excluding carboxylic acids is 2. The third kappa shape index (κ3) is 9.16. The number of carbonyl (C=O) groups is 3. The Hall–Kier alpha value is -4.96. The van der Waals surface area contributed by atoms with E-state index in [-0.39, 0.29) is 31.2 Å². The second kappa shape index (κ2) is 17.2. The van der Waals surface area contributed by atoms with Gasteiger partial charge in [0.25, 0.3) is 5.91 Å². The number of aliphatic carboxylic acids is 1. The number of halogens is 1. The van der Waals surface area contributed by atoms with E-state index in [1.165, 1.54) is 12.1 Å². The van der Waals surface area contributed by atoms with E-state index >= 15 is 0 Å². The molecule has 13 nitrogen and oxygen atoms in total. The lowest BCUT2D eigenvalue weighted by molar-refractivity contribution is -0.286. The molecule has 0 radical (unpaired) electrons. The minimum atomic E-state index is -1.98. The maximum absolute atomic E-state index is 14.2. The van der Waals surface area contributed by atoms with Gasteiger partial charge in [-0.2, -0.15) is 0 Å². The highest BCUT2D eigenvalue weighted by Crippen LogP contribution is 2.42. The molecular formula is C39H43FN2O11. The monoisotopic (exact) mass is 734 g/mol. The summed E-state index contributed by atoms with van der Waals surface area (Å²) in [6.45, 7) is 4.02. The number of ether oxygens (including phenoxy) is 2. The molecule has 53 heavy (non-hydrogen) atoms. The fourth-order valence-corrected chi connectivity index (χ4v) is 6.52. The number of nitrogens with one attached hydrogen (secondary N) is 1. The molecule has 1 fully saturated rings. The molecule has 7 atom stereocenters. The third-order valence-corrected chi connectivity index (χ3v) is 8.98. The van der Waals surface area contributed by atoms with Gasteiger partial charge in [-0.15, -0.1) is 0 Å². The van der Waals surface area contributed by atoms with Gasteiger partial charge < -0.3 is 50.0 Å². The van der Waals surface area contributed by atoms with Crippen LogP contribution >= 0.6 is 0 Å². The van der Waals surface area contributed by atoms with Crippen LogP contribution in [-0.2, 0) is 25.6 Å². The SMILES string of the molecule is CC(C)c1c(C(=O)Nc2ccccc2)c(-c2ccccc2)c(-c2ccc(F)cc2)n1CC[C@@H](O)C[C@@H](O)CC(=O)OC1OC(C(=O)O)C(O)C(O)C1O. The normalized spacial score (nSPS) is 21.2. The van der Waals surface area contributed by atoms with Gasteiger partial charge in [-0.25, -0.2) is 9.18 Å². The summed E-state index contributed by atoms with van der Waals surface area (Å²) >= 11 is 0. The molecule has 5 rings (SSSR count). The summed E-state index contributed by atoms with van der Waals surface area (Å²) in [5, 5.41) is 64.0. The minimum Gasteiger partial charge on any atom is -0.479 e. The lowest BCUT2D eigenvalue weighted by Crippen LogP contribution is -2.60. The molecule has 0 aliphatic carbocycles. The zero-order valence-electron chi connectivity index (χ0n) is 29.1. The van der Waals surface area contributed by atoms with E-state index in [2.05, 4.69) is 5.32 Å². The Morgan fingerprint density at radius 1 is 0.849 bits per heavy atom. The fourth-order valence-electron chi connectivity index (χ4n) is 6.52. The molecule has 14 heteroatoms. The topological polar surface area (TPSA) is 208 Å². The van der Waals surface area contributed by atoms with Crippen LogP contribution in [0.3, 0.4) is 0 Å². The third-order valence-electron chi connectivity index (χ3n) is 8.98. The van der Waals surface area contributed by atoms with Crippen LogP contribution in [0.1, 0.15) is 55.1 Å². The van der Waals surface area contributed by atoms with Crippen LogP contribution in [0.4, 0.5) is 10.1 Å². The molecular weight excluding hydrogens is 691 g/mol. The number of hydrogen-bond acceptors (Lipinski definition) is 10. The van der Waals surface area contributed by atoms with E-state index in [9.17, 15) is 49.4 Å². The molecule has 3 aromatic carbocycles. The van der Waals surface area contributed by atoms with Gasteiger partial charge in [0.2, 0.25) is 6.29 Å². The molecule has 0 spiro atoms. The summed E-state index contributed by atoms with van der Waals surface area (Å²) in [6, 6.07) is 24.2. The van der Waals surface area contributed by atoms with Crippen molar-refractivity contribution in [1.29, 1.82) is 0 Å². The van der Waals surface area contributed by atoms with Crippen LogP contribution in [0, 0.1) is 5.82 Å². The molecule has 0 saturated carbocycles. The summed E-state index contributed by atoms with van der Waals surface area (Å²) in [5.41, 5.74) is 4.24. The summed E-state index contributed by atoms with van der Waals surface area (Å²) < 4.78 is 26.0. The van der Waals surface area contributed by atoms with Crippen molar-refractivity contribution >= 4 is 23.5 Å². The Balaban J connectivity index is 1.41. The zero-order chi connectivity index (χ0) is 38.4. The number of rotatable bonds is 14. The van der Waals surface area contributed by atoms with Crippen molar-refractivity contribution in [3.63, 3.8) is 0 Å². The van der Waals surface area contributed by atoms with Crippen LogP contribution in [-0.4, -0.2) is 96.0 Å². The smallest absolute Gasteiger partial charge is 0.335 e. The van der Waals surface area contributed by atoms with E-state index in [0.717, 1.165) is 5.56 Å². The van der Waals surface area contributed by atoms with Gasteiger partial charge in [0.1, 0.15) is 24.1 Å². The average molecular weight is 735 g/mol. The number of nitrogens with zero attached hydrogens (tertiary/aromatic N) is 1. The van der Waals surface area contributed by atoms with Crippen molar-refractivity contribution in [3.05, 3.63) is 102 Å². The highest BCUT2D eigenvalue weighted by molar-refractivity contribution is 6.12. The molecule has 1 aromatic heterocycles. The molecule has 0 bridgehead atoms. The van der Waals surface area contributed by atoms with Crippen LogP contribution in [0.2, 0.25) is 0 Å². The first-order valence-corrected chi connectivity index (χ1v) is 17.2. The van der Waals surface area contributed by atoms with Gasteiger partial charge in [0.05, 0.1) is 29.9 Å². The van der Waals surface area contributed by atoms with Crippen LogP contribution in [0.5, 0.6) is 0 Å². The number of carboxylic acids is 1. The second-order valence-electron chi connectivity index (χ2n) is 13.2.